The first kappa shape index (κ1) is 16.0. The summed E-state index contributed by atoms with van der Waals surface area (Å²) in [4.78, 5) is 19.2. The number of carbonyl (C=O) groups excluding carboxylic acids is 1. The Bertz CT molecular complexity index is 510. The first-order chi connectivity index (χ1) is 9.80. The summed E-state index contributed by atoms with van der Waals surface area (Å²) in [5.41, 5.74) is 5.80. The lowest BCUT2D eigenvalue weighted by Crippen LogP contribution is -2.29. The van der Waals surface area contributed by atoms with Gasteiger partial charge in [-0.05, 0) is 27.2 Å². The highest BCUT2D eigenvalue weighted by Crippen LogP contribution is 2.30. The van der Waals surface area contributed by atoms with Crippen LogP contribution in [0.3, 0.4) is 0 Å². The molecule has 1 aromatic heterocycles. The van der Waals surface area contributed by atoms with Gasteiger partial charge in [0.15, 0.2) is 5.13 Å². The number of likely N-dealkylation sites (tertiary alicyclic amines) is 1. The number of nitrogens with zero attached hydrogens (tertiary/aromatic N) is 2. The normalized spacial score (nSPS) is 19.0. The molecule has 0 aliphatic carbocycles. The predicted molar refractivity (Wildman–Crippen MR) is 85.8 cm³/mol. The molecule has 1 aliphatic heterocycles. The number of methoxy groups -OCH3 is 1. The average Bonchev–Trinajstić information content (AvgIpc) is 2.94. The minimum Gasteiger partial charge on any atom is -0.384 e. The summed E-state index contributed by atoms with van der Waals surface area (Å²) in [6, 6.07) is 0. The lowest BCUT2D eigenvalue weighted by molar-refractivity contribution is 0.0781. The van der Waals surface area contributed by atoms with Gasteiger partial charge in [-0.3, -0.25) is 4.79 Å². The Morgan fingerprint density at radius 1 is 1.57 bits per heavy atom. The zero-order chi connectivity index (χ0) is 15.6. The standard InChI is InChI=1S/C14H24N4O2S/c1-14(2,3)17-13-16-11(15)10(21-13)12(19)18-6-5-9(7-18)8-20-4/h9H,5-8,15H2,1-4H3,(H,16,17). The molecule has 7 heteroatoms. The van der Waals surface area contributed by atoms with Crippen molar-refractivity contribution in [3.63, 3.8) is 0 Å². The van der Waals surface area contributed by atoms with Gasteiger partial charge >= 0.3 is 0 Å². The summed E-state index contributed by atoms with van der Waals surface area (Å²) < 4.78 is 5.16. The largest absolute Gasteiger partial charge is 0.384 e. The molecular formula is C14H24N4O2S. The number of thiazole rings is 1. The maximum atomic E-state index is 12.5. The highest BCUT2D eigenvalue weighted by atomic mass is 32.1. The number of hydrogen-bond acceptors (Lipinski definition) is 6. The summed E-state index contributed by atoms with van der Waals surface area (Å²) >= 11 is 1.33. The molecule has 0 spiro atoms. The maximum absolute atomic E-state index is 12.5. The first-order valence-electron chi connectivity index (χ1n) is 7.13. The summed E-state index contributed by atoms with van der Waals surface area (Å²) in [5, 5.41) is 3.94. The molecule has 0 saturated carbocycles. The van der Waals surface area contributed by atoms with E-state index >= 15 is 0 Å². The van der Waals surface area contributed by atoms with Crippen molar-refractivity contribution >= 4 is 28.2 Å². The minimum atomic E-state index is -0.109. The number of amides is 1. The summed E-state index contributed by atoms with van der Waals surface area (Å²) in [5.74, 6) is 0.706. The molecule has 118 valence electrons. The van der Waals surface area contributed by atoms with Gasteiger partial charge in [-0.25, -0.2) is 4.98 Å². The van der Waals surface area contributed by atoms with Crippen LogP contribution in [0.15, 0.2) is 0 Å². The van der Waals surface area contributed by atoms with E-state index in [2.05, 4.69) is 10.3 Å². The fourth-order valence-electron chi connectivity index (χ4n) is 2.39. The lowest BCUT2D eigenvalue weighted by Gasteiger charge is -2.19. The van der Waals surface area contributed by atoms with Crippen LogP contribution < -0.4 is 11.1 Å². The van der Waals surface area contributed by atoms with Gasteiger partial charge < -0.3 is 20.7 Å². The van der Waals surface area contributed by atoms with Crippen LogP contribution in [0.1, 0.15) is 36.9 Å². The van der Waals surface area contributed by atoms with Crippen LogP contribution in [-0.4, -0.2) is 48.1 Å². The second-order valence-electron chi connectivity index (χ2n) is 6.47. The number of nitrogens with two attached hydrogens (primary N) is 1. The van der Waals surface area contributed by atoms with Crippen LogP contribution in [0.4, 0.5) is 10.9 Å². The average molecular weight is 312 g/mol. The SMILES string of the molecule is COCC1CCN(C(=O)c2sc(NC(C)(C)C)nc2N)C1. The second kappa shape index (κ2) is 6.19. The number of nitrogens with one attached hydrogen (secondary N) is 1. The molecule has 2 heterocycles. The number of rotatable bonds is 4. The van der Waals surface area contributed by atoms with Gasteiger partial charge in [0.05, 0.1) is 6.61 Å². The van der Waals surface area contributed by atoms with Gasteiger partial charge in [0.25, 0.3) is 5.91 Å². The molecule has 21 heavy (non-hydrogen) atoms. The molecule has 1 saturated heterocycles. The van der Waals surface area contributed by atoms with E-state index in [-0.39, 0.29) is 11.4 Å². The topological polar surface area (TPSA) is 80.5 Å². The summed E-state index contributed by atoms with van der Waals surface area (Å²) in [7, 11) is 1.69. The van der Waals surface area contributed by atoms with Crippen LogP contribution in [-0.2, 0) is 4.74 Å². The number of hydrogen-bond donors (Lipinski definition) is 2. The van der Waals surface area contributed by atoms with Crippen molar-refractivity contribution in [3.05, 3.63) is 4.88 Å². The number of ether oxygens (including phenoxy) is 1. The Balaban J connectivity index is 2.06. The Morgan fingerprint density at radius 3 is 2.90 bits per heavy atom. The first-order valence-corrected chi connectivity index (χ1v) is 7.94. The molecule has 1 fully saturated rings. The Hall–Kier alpha value is -1.34. The third kappa shape index (κ3) is 4.07. The molecule has 1 unspecified atom stereocenters. The zero-order valence-electron chi connectivity index (χ0n) is 13.1. The highest BCUT2D eigenvalue weighted by Gasteiger charge is 2.29. The second-order valence-corrected chi connectivity index (χ2v) is 7.47. The number of nitrogen functional groups attached to an aromatic ring is 1. The van der Waals surface area contributed by atoms with E-state index in [4.69, 9.17) is 10.5 Å². The van der Waals surface area contributed by atoms with E-state index in [1.54, 1.807) is 7.11 Å². The molecule has 1 aliphatic rings. The van der Waals surface area contributed by atoms with Crippen molar-refractivity contribution < 1.29 is 9.53 Å². The molecule has 2 rings (SSSR count). The summed E-state index contributed by atoms with van der Waals surface area (Å²) in [6.45, 7) is 8.31. The van der Waals surface area contributed by atoms with Gasteiger partial charge in [0, 0.05) is 31.7 Å². The molecule has 3 N–H and O–H groups in total. The van der Waals surface area contributed by atoms with Gasteiger partial charge in [-0.1, -0.05) is 11.3 Å². The number of aromatic nitrogens is 1. The summed E-state index contributed by atoms with van der Waals surface area (Å²) in [6.07, 6.45) is 0.978. The molecule has 6 nitrogen and oxygen atoms in total. The molecule has 1 aromatic rings. The van der Waals surface area contributed by atoms with Crippen molar-refractivity contribution in [1.82, 2.24) is 9.88 Å². The van der Waals surface area contributed by atoms with Crippen LogP contribution in [0, 0.1) is 5.92 Å². The zero-order valence-corrected chi connectivity index (χ0v) is 13.9. The predicted octanol–water partition coefficient (Wildman–Crippen LogP) is 2.04. The molecule has 0 aromatic carbocycles. The fraction of sp³-hybridized carbons (Fsp3) is 0.714. The fourth-order valence-corrected chi connectivity index (χ4v) is 3.45. The lowest BCUT2D eigenvalue weighted by atomic mass is 10.1. The van der Waals surface area contributed by atoms with Crippen LogP contribution in [0.25, 0.3) is 0 Å². The molecule has 0 bridgehead atoms. The van der Waals surface area contributed by atoms with E-state index in [0.29, 0.717) is 28.4 Å². The third-order valence-corrected chi connectivity index (χ3v) is 4.28. The van der Waals surface area contributed by atoms with Crippen LogP contribution in [0.5, 0.6) is 0 Å². The Labute approximate surface area is 129 Å². The highest BCUT2D eigenvalue weighted by molar-refractivity contribution is 7.18. The van der Waals surface area contributed by atoms with Crippen molar-refractivity contribution in [2.24, 2.45) is 5.92 Å². The smallest absolute Gasteiger partial charge is 0.267 e. The van der Waals surface area contributed by atoms with Gasteiger partial charge in [0.1, 0.15) is 10.7 Å². The van der Waals surface area contributed by atoms with E-state index in [0.717, 1.165) is 19.5 Å². The van der Waals surface area contributed by atoms with E-state index in [1.807, 2.05) is 25.7 Å². The monoisotopic (exact) mass is 312 g/mol. The van der Waals surface area contributed by atoms with Crippen molar-refractivity contribution in [2.45, 2.75) is 32.7 Å². The third-order valence-electron chi connectivity index (χ3n) is 3.30. The number of carbonyl (C=O) groups is 1. The van der Waals surface area contributed by atoms with E-state index < -0.39 is 0 Å². The quantitative estimate of drug-likeness (QED) is 0.889. The van der Waals surface area contributed by atoms with Crippen molar-refractivity contribution in [3.8, 4) is 0 Å². The van der Waals surface area contributed by atoms with Gasteiger partial charge in [-0.2, -0.15) is 0 Å². The number of anilines is 2. The molecule has 0 radical (unpaired) electrons. The van der Waals surface area contributed by atoms with Crippen molar-refractivity contribution in [1.29, 1.82) is 0 Å². The van der Waals surface area contributed by atoms with Gasteiger partial charge in [-0.15, -0.1) is 0 Å². The molecule has 1 atom stereocenters. The van der Waals surface area contributed by atoms with E-state index in [1.165, 1.54) is 11.3 Å². The van der Waals surface area contributed by atoms with Crippen LogP contribution in [0.2, 0.25) is 0 Å². The van der Waals surface area contributed by atoms with Crippen molar-refractivity contribution in [2.75, 3.05) is 37.9 Å². The minimum absolute atomic E-state index is 0.0226. The maximum Gasteiger partial charge on any atom is 0.267 e. The molecule has 1 amide bonds. The molecular weight excluding hydrogens is 288 g/mol. The van der Waals surface area contributed by atoms with E-state index in [9.17, 15) is 4.79 Å². The Morgan fingerprint density at radius 2 is 2.29 bits per heavy atom. The van der Waals surface area contributed by atoms with Crippen LogP contribution >= 0.6 is 11.3 Å². The van der Waals surface area contributed by atoms with Gasteiger partial charge in [0.2, 0.25) is 0 Å². The Kier molecular flexibility index (Phi) is 4.73.